The second kappa shape index (κ2) is 3.78. The zero-order valence-corrected chi connectivity index (χ0v) is 7.81. The molecule has 0 aromatic heterocycles. The van der Waals surface area contributed by atoms with Crippen LogP contribution in [0.25, 0.3) is 10.8 Å². The first-order valence-electron chi connectivity index (χ1n) is 4.44. The number of rotatable bonds is 2. The quantitative estimate of drug-likeness (QED) is 0.566. The molecule has 0 spiro atoms. The molecule has 0 fully saturated rings. The van der Waals surface area contributed by atoms with E-state index in [0.29, 0.717) is 16.3 Å². The van der Waals surface area contributed by atoms with E-state index in [0.717, 1.165) is 6.29 Å². The first-order valence-corrected chi connectivity index (χ1v) is 4.44. The van der Waals surface area contributed by atoms with Gasteiger partial charge in [0.25, 0.3) is 0 Å². The summed E-state index contributed by atoms with van der Waals surface area (Å²) >= 11 is 0. The Morgan fingerprint density at radius 1 is 1.13 bits per heavy atom. The van der Waals surface area contributed by atoms with Gasteiger partial charge in [-0.15, -0.1) is 0 Å². The third-order valence-electron chi connectivity index (χ3n) is 2.31. The summed E-state index contributed by atoms with van der Waals surface area (Å²) in [6.45, 7) is 0. The van der Waals surface area contributed by atoms with E-state index in [9.17, 15) is 10.0 Å². The Kier molecular flexibility index (Phi) is 2.47. The largest absolute Gasteiger partial charge is 0.595 e. The van der Waals surface area contributed by atoms with E-state index in [1.807, 2.05) is 0 Å². The number of fused-ring (bicyclic) bond motifs is 1. The van der Waals surface area contributed by atoms with Crippen molar-refractivity contribution in [2.24, 2.45) is 0 Å². The molecule has 76 valence electrons. The smallest absolute Gasteiger partial charge is 0.171 e. The maximum Gasteiger partial charge on any atom is 0.171 e. The first-order chi connectivity index (χ1) is 7.24. The van der Waals surface area contributed by atoms with E-state index in [1.165, 1.54) is 6.07 Å². The molecule has 0 saturated heterocycles. The lowest BCUT2D eigenvalue weighted by Crippen LogP contribution is -2.99. The summed E-state index contributed by atoms with van der Waals surface area (Å²) in [7, 11) is 0. The van der Waals surface area contributed by atoms with Crippen LogP contribution < -0.4 is 5.23 Å². The van der Waals surface area contributed by atoms with E-state index in [1.54, 1.807) is 30.3 Å². The Labute approximate surface area is 85.9 Å². The van der Waals surface area contributed by atoms with Crippen LogP contribution in [0.3, 0.4) is 0 Å². The summed E-state index contributed by atoms with van der Waals surface area (Å²) in [6.07, 6.45) is 0.730. The van der Waals surface area contributed by atoms with E-state index in [2.05, 4.69) is 0 Å². The van der Waals surface area contributed by atoms with Crippen LogP contribution in [0.15, 0.2) is 36.4 Å². The number of carbonyl (C=O) groups is 1. The molecule has 2 aromatic rings. The normalized spacial score (nSPS) is 12.7. The number of hydrogen-bond acceptors (Lipinski definition) is 3. The number of aldehydes is 1. The summed E-state index contributed by atoms with van der Waals surface area (Å²) in [5.74, 6) is 0. The third-order valence-corrected chi connectivity index (χ3v) is 2.31. The molecule has 0 saturated carbocycles. The summed E-state index contributed by atoms with van der Waals surface area (Å²) in [4.78, 5) is 10.8. The van der Waals surface area contributed by atoms with E-state index >= 15 is 0 Å². The van der Waals surface area contributed by atoms with Crippen molar-refractivity contribution in [1.29, 1.82) is 0 Å². The Hall–Kier alpha value is -1.75. The molecular weight excluding hydrogens is 194 g/mol. The summed E-state index contributed by atoms with van der Waals surface area (Å²) in [5, 5.41) is 20.2. The SMILES string of the molecule is O=Cc1cccc2c([NH+]([O-])O)cccc12. The molecule has 2 N–H and O–H groups in total. The molecule has 2 rings (SSSR count). The van der Waals surface area contributed by atoms with Gasteiger partial charge in [0, 0.05) is 17.0 Å². The summed E-state index contributed by atoms with van der Waals surface area (Å²) in [5.41, 5.74) is 0.729. The van der Waals surface area contributed by atoms with Crippen LogP contribution in [0.4, 0.5) is 5.69 Å². The molecule has 15 heavy (non-hydrogen) atoms. The Morgan fingerprint density at radius 3 is 2.47 bits per heavy atom. The summed E-state index contributed by atoms with van der Waals surface area (Å²) < 4.78 is 0. The van der Waals surface area contributed by atoms with Gasteiger partial charge in [0.15, 0.2) is 12.0 Å². The van der Waals surface area contributed by atoms with Crippen LogP contribution in [0, 0.1) is 5.21 Å². The topological polar surface area (TPSA) is 64.8 Å². The maximum atomic E-state index is 10.9. The molecule has 4 heteroatoms. The van der Waals surface area contributed by atoms with Gasteiger partial charge in [-0.2, -0.15) is 5.23 Å². The van der Waals surface area contributed by atoms with Crippen molar-refractivity contribution >= 4 is 22.7 Å². The monoisotopic (exact) mass is 203 g/mol. The van der Waals surface area contributed by atoms with Gasteiger partial charge in [0.1, 0.15) is 0 Å². The van der Waals surface area contributed by atoms with Crippen LogP contribution in [0.5, 0.6) is 0 Å². The lowest BCUT2D eigenvalue weighted by atomic mass is 10.0. The fraction of sp³-hybridized carbons (Fsp3) is 0. The standard InChI is InChI=1S/C11H9NO3/c13-7-8-3-1-5-10-9(8)4-2-6-11(10)12(14)15/h1-7,12,14H. The van der Waals surface area contributed by atoms with Crippen molar-refractivity contribution in [3.63, 3.8) is 0 Å². The second-order valence-corrected chi connectivity index (χ2v) is 3.17. The molecule has 0 aliphatic rings. The number of nitrogens with one attached hydrogen (secondary N) is 1. The zero-order valence-electron chi connectivity index (χ0n) is 7.81. The number of benzene rings is 2. The molecule has 0 radical (unpaired) electrons. The average molecular weight is 203 g/mol. The second-order valence-electron chi connectivity index (χ2n) is 3.17. The van der Waals surface area contributed by atoms with Crippen LogP contribution in [-0.4, -0.2) is 11.5 Å². The molecule has 0 amide bonds. The molecule has 4 nitrogen and oxygen atoms in total. The van der Waals surface area contributed by atoms with Crippen LogP contribution in [0.1, 0.15) is 10.4 Å². The van der Waals surface area contributed by atoms with Crippen molar-refractivity contribution in [2.45, 2.75) is 0 Å². The highest BCUT2D eigenvalue weighted by Crippen LogP contribution is 2.22. The molecule has 0 aliphatic carbocycles. The van der Waals surface area contributed by atoms with Gasteiger partial charge in [0.2, 0.25) is 0 Å². The maximum absolute atomic E-state index is 10.9. The molecule has 0 heterocycles. The predicted molar refractivity (Wildman–Crippen MR) is 55.1 cm³/mol. The Bertz CT molecular complexity index is 508. The highest BCUT2D eigenvalue weighted by atomic mass is 16.8. The molecule has 1 unspecified atom stereocenters. The number of hydrogen-bond donors (Lipinski definition) is 2. The van der Waals surface area contributed by atoms with Crippen molar-refractivity contribution in [3.05, 3.63) is 47.2 Å². The van der Waals surface area contributed by atoms with E-state index in [-0.39, 0.29) is 5.69 Å². The van der Waals surface area contributed by atoms with Gasteiger partial charge >= 0.3 is 0 Å². The van der Waals surface area contributed by atoms with E-state index < -0.39 is 5.23 Å². The fourth-order valence-electron chi connectivity index (χ4n) is 1.62. The molecular formula is C11H9NO3. The van der Waals surface area contributed by atoms with Gasteiger partial charge < -0.3 is 5.21 Å². The van der Waals surface area contributed by atoms with Crippen molar-refractivity contribution < 1.29 is 15.2 Å². The van der Waals surface area contributed by atoms with Crippen LogP contribution >= 0.6 is 0 Å². The minimum atomic E-state index is -0.983. The van der Waals surface area contributed by atoms with Gasteiger partial charge in [-0.25, -0.2) is 5.21 Å². The third kappa shape index (κ3) is 1.61. The molecule has 0 aliphatic heterocycles. The number of carbonyl (C=O) groups excluding carboxylic acids is 1. The van der Waals surface area contributed by atoms with Gasteiger partial charge in [-0.05, 0) is 11.5 Å². The minimum Gasteiger partial charge on any atom is -0.595 e. The summed E-state index contributed by atoms with van der Waals surface area (Å²) in [6, 6.07) is 9.95. The molecule has 2 aromatic carbocycles. The Balaban J connectivity index is 2.82. The fourth-order valence-corrected chi connectivity index (χ4v) is 1.62. The molecule has 0 bridgehead atoms. The average Bonchev–Trinajstić information content (AvgIpc) is 2.27. The van der Waals surface area contributed by atoms with Gasteiger partial charge in [0.05, 0.1) is 0 Å². The Morgan fingerprint density at radius 2 is 1.80 bits per heavy atom. The lowest BCUT2D eigenvalue weighted by Gasteiger charge is -2.14. The van der Waals surface area contributed by atoms with E-state index in [4.69, 9.17) is 5.21 Å². The van der Waals surface area contributed by atoms with Crippen molar-refractivity contribution in [1.82, 2.24) is 0 Å². The zero-order chi connectivity index (χ0) is 10.8. The molecule has 1 atom stereocenters. The van der Waals surface area contributed by atoms with Crippen molar-refractivity contribution in [2.75, 3.05) is 0 Å². The highest BCUT2D eigenvalue weighted by molar-refractivity contribution is 6.01. The highest BCUT2D eigenvalue weighted by Gasteiger charge is 2.08. The van der Waals surface area contributed by atoms with Gasteiger partial charge in [-0.1, -0.05) is 24.3 Å². The first kappa shape index (κ1) is 9.79. The number of quaternary nitrogens is 1. The minimum absolute atomic E-state index is 0.219. The van der Waals surface area contributed by atoms with Crippen LogP contribution in [0.2, 0.25) is 0 Å². The predicted octanol–water partition coefficient (Wildman–Crippen LogP) is 1.06. The van der Waals surface area contributed by atoms with Gasteiger partial charge in [-0.3, -0.25) is 4.79 Å². The lowest BCUT2D eigenvalue weighted by molar-refractivity contribution is -0.990. The van der Waals surface area contributed by atoms with Crippen molar-refractivity contribution in [3.8, 4) is 0 Å². The van der Waals surface area contributed by atoms with Crippen LogP contribution in [-0.2, 0) is 0 Å².